The zero-order valence-electron chi connectivity index (χ0n) is 19.1. The van der Waals surface area contributed by atoms with Gasteiger partial charge in [0.25, 0.3) is 0 Å². The zero-order valence-corrected chi connectivity index (χ0v) is 19.8. The van der Waals surface area contributed by atoms with Crippen molar-refractivity contribution in [3.8, 4) is 22.6 Å². The predicted molar refractivity (Wildman–Crippen MR) is 132 cm³/mol. The number of hydrogen-bond donors (Lipinski definition) is 1. The van der Waals surface area contributed by atoms with Crippen molar-refractivity contribution in [1.29, 1.82) is 0 Å². The van der Waals surface area contributed by atoms with E-state index in [0.717, 1.165) is 27.8 Å². The van der Waals surface area contributed by atoms with E-state index in [1.807, 2.05) is 67.6 Å². The van der Waals surface area contributed by atoms with Crippen LogP contribution in [0.4, 0.5) is 4.79 Å². The van der Waals surface area contributed by atoms with Gasteiger partial charge < -0.3 is 14.8 Å². The van der Waals surface area contributed by atoms with Crippen LogP contribution in [0.2, 0.25) is 5.02 Å². The summed E-state index contributed by atoms with van der Waals surface area (Å²) in [5.74, 6) is 1.25. The average Bonchev–Trinajstić information content (AvgIpc) is 2.98. The van der Waals surface area contributed by atoms with Crippen LogP contribution in [0.5, 0.6) is 11.5 Å². The summed E-state index contributed by atoms with van der Waals surface area (Å²) < 4.78 is 11.1. The number of halogens is 1. The highest BCUT2D eigenvalue weighted by Crippen LogP contribution is 2.35. The van der Waals surface area contributed by atoms with Crippen LogP contribution in [0, 0.1) is 0 Å². The van der Waals surface area contributed by atoms with E-state index in [0.29, 0.717) is 28.7 Å². The van der Waals surface area contributed by atoms with Gasteiger partial charge in [-0.25, -0.2) is 9.80 Å². The van der Waals surface area contributed by atoms with Crippen molar-refractivity contribution in [1.82, 2.24) is 10.3 Å². The number of benzene rings is 3. The molecule has 33 heavy (non-hydrogen) atoms. The molecule has 0 saturated heterocycles. The van der Waals surface area contributed by atoms with Gasteiger partial charge in [-0.05, 0) is 42.7 Å². The molecule has 170 valence electrons. The summed E-state index contributed by atoms with van der Waals surface area (Å²) in [4.78, 5) is 12.6. The molecule has 3 aromatic rings. The Kier molecular flexibility index (Phi) is 6.56. The van der Waals surface area contributed by atoms with Gasteiger partial charge in [-0.2, -0.15) is 5.10 Å². The van der Waals surface area contributed by atoms with Crippen LogP contribution < -0.4 is 14.8 Å². The Morgan fingerprint density at radius 2 is 1.64 bits per heavy atom. The summed E-state index contributed by atoms with van der Waals surface area (Å²) in [7, 11) is 4.83. The molecular formula is C26H26ClN3O3. The highest BCUT2D eigenvalue weighted by molar-refractivity contribution is 6.33. The molecule has 1 N–H and O–H groups in total. The van der Waals surface area contributed by atoms with Crippen LogP contribution in [0.15, 0.2) is 65.8 Å². The first kappa shape index (κ1) is 22.7. The summed E-state index contributed by atoms with van der Waals surface area (Å²) in [5, 5.41) is 9.68. The molecule has 4 rings (SSSR count). The van der Waals surface area contributed by atoms with Crippen LogP contribution in [-0.2, 0) is 6.42 Å². The number of hydrazone groups is 1. The van der Waals surface area contributed by atoms with Crippen molar-refractivity contribution >= 4 is 23.3 Å². The third-order valence-electron chi connectivity index (χ3n) is 5.77. The molecule has 1 aliphatic heterocycles. The lowest BCUT2D eigenvalue weighted by Crippen LogP contribution is -2.41. The molecule has 0 radical (unpaired) electrons. The molecule has 0 aromatic heterocycles. The molecule has 1 aliphatic rings. The number of methoxy groups -OCH3 is 2. The van der Waals surface area contributed by atoms with E-state index >= 15 is 0 Å². The van der Waals surface area contributed by atoms with Gasteiger partial charge >= 0.3 is 6.03 Å². The van der Waals surface area contributed by atoms with Crippen LogP contribution in [0.3, 0.4) is 0 Å². The Balaban J connectivity index is 1.86. The van der Waals surface area contributed by atoms with Gasteiger partial charge in [0.15, 0.2) is 11.5 Å². The van der Waals surface area contributed by atoms with E-state index in [-0.39, 0.29) is 12.1 Å². The predicted octanol–water partition coefficient (Wildman–Crippen LogP) is 5.36. The Morgan fingerprint density at radius 3 is 2.27 bits per heavy atom. The molecule has 0 spiro atoms. The number of nitrogens with zero attached hydrogens (tertiary/aromatic N) is 2. The first-order chi connectivity index (χ1) is 16.0. The molecule has 1 unspecified atom stereocenters. The zero-order chi connectivity index (χ0) is 23.5. The van der Waals surface area contributed by atoms with Gasteiger partial charge in [0, 0.05) is 28.8 Å². The molecular weight excluding hydrogens is 438 g/mol. The van der Waals surface area contributed by atoms with Gasteiger partial charge in [0.2, 0.25) is 0 Å². The van der Waals surface area contributed by atoms with E-state index in [2.05, 4.69) is 5.32 Å². The van der Waals surface area contributed by atoms with E-state index in [9.17, 15) is 4.79 Å². The summed E-state index contributed by atoms with van der Waals surface area (Å²) in [6, 6.07) is 19.2. The number of rotatable bonds is 4. The second kappa shape index (κ2) is 9.55. The van der Waals surface area contributed by atoms with Crippen LogP contribution in [0.25, 0.3) is 11.1 Å². The van der Waals surface area contributed by atoms with Crippen LogP contribution in [-0.4, -0.2) is 44.1 Å². The normalized spacial score (nSPS) is 15.2. The maximum atomic E-state index is 12.6. The number of ether oxygens (including phenoxy) is 2. The summed E-state index contributed by atoms with van der Waals surface area (Å²) in [5.41, 5.74) is 5.45. The number of hydrogen-bond acceptors (Lipinski definition) is 4. The Hall–Kier alpha value is -3.51. The number of fused-ring (bicyclic) bond motifs is 1. The summed E-state index contributed by atoms with van der Waals surface area (Å²) in [6.45, 7) is 1.97. The number of nitrogens with one attached hydrogen (secondary N) is 1. The molecule has 7 heteroatoms. The van der Waals surface area contributed by atoms with Crippen LogP contribution >= 0.6 is 11.6 Å². The third kappa shape index (κ3) is 4.39. The Labute approximate surface area is 198 Å². The van der Waals surface area contributed by atoms with E-state index in [4.69, 9.17) is 26.2 Å². The largest absolute Gasteiger partial charge is 0.493 e. The summed E-state index contributed by atoms with van der Waals surface area (Å²) in [6.07, 6.45) is 0.619. The fourth-order valence-corrected chi connectivity index (χ4v) is 4.30. The third-order valence-corrected chi connectivity index (χ3v) is 6.10. The monoisotopic (exact) mass is 463 g/mol. The Bertz CT molecular complexity index is 1210. The highest BCUT2D eigenvalue weighted by atomic mass is 35.5. The molecule has 0 fully saturated rings. The van der Waals surface area contributed by atoms with Crippen molar-refractivity contribution in [2.75, 3.05) is 21.3 Å². The SMILES string of the molecule is CNC(=O)N1N=C(c2ccc(-c3ccccc3Cl)cc2)c2cc(OC)c(OC)cc2CC1C. The minimum absolute atomic E-state index is 0.151. The quantitative estimate of drug-likeness (QED) is 0.566. The lowest BCUT2D eigenvalue weighted by molar-refractivity contribution is 0.184. The van der Waals surface area contributed by atoms with Crippen molar-refractivity contribution in [3.05, 3.63) is 82.4 Å². The maximum Gasteiger partial charge on any atom is 0.337 e. The highest BCUT2D eigenvalue weighted by Gasteiger charge is 2.28. The van der Waals surface area contributed by atoms with Crippen molar-refractivity contribution in [3.63, 3.8) is 0 Å². The number of urea groups is 1. The first-order valence-electron chi connectivity index (χ1n) is 10.7. The topological polar surface area (TPSA) is 63.2 Å². The second-order valence-electron chi connectivity index (χ2n) is 7.82. The molecule has 2 amide bonds. The van der Waals surface area contributed by atoms with Gasteiger partial charge in [-0.15, -0.1) is 0 Å². The molecule has 0 saturated carbocycles. The number of amides is 2. The van der Waals surface area contributed by atoms with Gasteiger partial charge in [-0.3, -0.25) is 0 Å². The average molecular weight is 464 g/mol. The minimum atomic E-state index is -0.264. The molecule has 0 aliphatic carbocycles. The fourth-order valence-electron chi connectivity index (χ4n) is 4.05. The molecule has 1 heterocycles. The van der Waals surface area contributed by atoms with E-state index in [1.165, 1.54) is 5.01 Å². The van der Waals surface area contributed by atoms with Crippen molar-refractivity contribution < 1.29 is 14.3 Å². The van der Waals surface area contributed by atoms with Crippen molar-refractivity contribution in [2.45, 2.75) is 19.4 Å². The lowest BCUT2D eigenvalue weighted by Gasteiger charge is -2.22. The van der Waals surface area contributed by atoms with Gasteiger partial charge in [-0.1, -0.05) is 54.1 Å². The van der Waals surface area contributed by atoms with Crippen molar-refractivity contribution in [2.24, 2.45) is 5.10 Å². The van der Waals surface area contributed by atoms with Crippen LogP contribution in [0.1, 0.15) is 23.6 Å². The lowest BCUT2D eigenvalue weighted by atomic mass is 9.93. The maximum absolute atomic E-state index is 12.6. The molecule has 6 nitrogen and oxygen atoms in total. The molecule has 3 aromatic carbocycles. The second-order valence-corrected chi connectivity index (χ2v) is 8.23. The Morgan fingerprint density at radius 1 is 1.00 bits per heavy atom. The molecule has 0 bridgehead atoms. The van der Waals surface area contributed by atoms with E-state index in [1.54, 1.807) is 21.3 Å². The standard InChI is InChI=1S/C26H26ClN3O3/c1-16-13-19-14-23(32-3)24(33-4)15-21(19)25(29-30(16)26(31)28-2)18-11-9-17(10-12-18)20-7-5-6-8-22(20)27/h5-12,14-16H,13H2,1-4H3,(H,28,31). The van der Waals surface area contributed by atoms with Gasteiger partial charge in [0.05, 0.1) is 26.0 Å². The van der Waals surface area contributed by atoms with E-state index < -0.39 is 0 Å². The number of carbonyl (C=O) groups excluding carboxylic acids is 1. The summed E-state index contributed by atoms with van der Waals surface area (Å²) >= 11 is 6.38. The fraction of sp³-hybridized carbons (Fsp3) is 0.231. The first-order valence-corrected chi connectivity index (χ1v) is 11.0. The smallest absolute Gasteiger partial charge is 0.337 e. The number of carbonyl (C=O) groups is 1. The molecule has 1 atom stereocenters. The van der Waals surface area contributed by atoms with Gasteiger partial charge in [0.1, 0.15) is 0 Å². The minimum Gasteiger partial charge on any atom is -0.493 e.